The molecular weight excluding hydrogens is 462 g/mol. The predicted octanol–water partition coefficient (Wildman–Crippen LogP) is 3.09. The van der Waals surface area contributed by atoms with Crippen molar-refractivity contribution >= 4 is 39.5 Å². The number of pyridine rings is 1. The minimum atomic E-state index is -1.13. The Morgan fingerprint density at radius 1 is 1.38 bits per heavy atom. The SMILES string of the molecule is C#CCOc1cnc2c(Nc3cc(F)c(F)c([C@@]4(C)N=C(N)S[C@@]5(CO)C[C@H]54)c3)nccc2n1. The second-order valence-corrected chi connectivity index (χ2v) is 9.79. The number of aliphatic imine (C=N–C) groups is 1. The summed E-state index contributed by atoms with van der Waals surface area (Å²) in [6, 6.07) is 4.17. The van der Waals surface area contributed by atoms with Gasteiger partial charge in [0.2, 0.25) is 5.88 Å². The van der Waals surface area contributed by atoms with Crippen LogP contribution >= 0.6 is 11.8 Å². The first-order valence-corrected chi connectivity index (χ1v) is 11.2. The van der Waals surface area contributed by atoms with Gasteiger partial charge < -0.3 is 20.9 Å². The molecule has 0 amide bonds. The van der Waals surface area contributed by atoms with E-state index in [0.717, 1.165) is 6.07 Å². The van der Waals surface area contributed by atoms with Crippen LogP contribution in [0, 0.1) is 29.9 Å². The summed E-state index contributed by atoms with van der Waals surface area (Å²) >= 11 is 1.28. The molecule has 0 saturated heterocycles. The summed E-state index contributed by atoms with van der Waals surface area (Å²) in [7, 11) is 0. The molecule has 4 N–H and O–H groups in total. The normalized spacial score (nSPS) is 25.3. The fourth-order valence-electron chi connectivity index (χ4n) is 4.47. The highest BCUT2D eigenvalue weighted by Gasteiger charge is 2.66. The third kappa shape index (κ3) is 3.59. The predicted molar refractivity (Wildman–Crippen MR) is 126 cm³/mol. The number of thioether (sulfide) groups is 1. The first kappa shape index (κ1) is 22.3. The van der Waals surface area contributed by atoms with Crippen LogP contribution in [0.4, 0.5) is 20.3 Å². The number of aliphatic hydroxyl groups excluding tert-OH is 1. The lowest BCUT2D eigenvalue weighted by molar-refractivity contribution is 0.264. The van der Waals surface area contributed by atoms with E-state index in [1.54, 1.807) is 13.0 Å². The number of aromatic nitrogens is 3. The van der Waals surface area contributed by atoms with Gasteiger partial charge in [-0.3, -0.25) is 4.99 Å². The molecule has 1 fully saturated rings. The fraction of sp³-hybridized carbons (Fsp3) is 0.304. The van der Waals surface area contributed by atoms with Crippen molar-refractivity contribution in [2.24, 2.45) is 16.6 Å². The maximum Gasteiger partial charge on any atom is 0.233 e. The van der Waals surface area contributed by atoms with Gasteiger partial charge in [-0.15, -0.1) is 6.42 Å². The van der Waals surface area contributed by atoms with Crippen molar-refractivity contribution in [1.82, 2.24) is 15.0 Å². The van der Waals surface area contributed by atoms with Crippen LogP contribution in [0.2, 0.25) is 0 Å². The van der Waals surface area contributed by atoms with Gasteiger partial charge in [0.25, 0.3) is 0 Å². The molecule has 0 unspecified atom stereocenters. The van der Waals surface area contributed by atoms with Crippen molar-refractivity contribution in [3.8, 4) is 18.2 Å². The Bertz CT molecular complexity index is 1380. The molecule has 0 spiro atoms. The molecule has 34 heavy (non-hydrogen) atoms. The summed E-state index contributed by atoms with van der Waals surface area (Å²) < 4.78 is 34.6. The summed E-state index contributed by atoms with van der Waals surface area (Å²) in [5, 5.41) is 13.1. The zero-order chi connectivity index (χ0) is 24.1. The van der Waals surface area contributed by atoms with Crippen molar-refractivity contribution in [3.63, 3.8) is 0 Å². The van der Waals surface area contributed by atoms with E-state index in [0.29, 0.717) is 23.3 Å². The van der Waals surface area contributed by atoms with Gasteiger partial charge in [0.1, 0.15) is 5.52 Å². The van der Waals surface area contributed by atoms with Gasteiger partial charge in [-0.05, 0) is 25.5 Å². The summed E-state index contributed by atoms with van der Waals surface area (Å²) in [6.45, 7) is 1.64. The molecule has 3 aromatic rings. The van der Waals surface area contributed by atoms with Crippen molar-refractivity contribution < 1.29 is 18.6 Å². The second kappa shape index (κ2) is 8.07. The van der Waals surface area contributed by atoms with Crippen molar-refractivity contribution in [1.29, 1.82) is 0 Å². The van der Waals surface area contributed by atoms with E-state index in [9.17, 15) is 9.50 Å². The van der Waals surface area contributed by atoms with E-state index >= 15 is 4.39 Å². The molecule has 5 rings (SSSR count). The molecule has 0 radical (unpaired) electrons. The zero-order valence-corrected chi connectivity index (χ0v) is 18.9. The number of terminal acetylenes is 1. The van der Waals surface area contributed by atoms with Crippen LogP contribution in [0.5, 0.6) is 5.88 Å². The van der Waals surface area contributed by atoms with E-state index in [4.69, 9.17) is 16.9 Å². The van der Waals surface area contributed by atoms with Crippen LogP contribution in [0.25, 0.3) is 11.0 Å². The third-order valence-corrected chi connectivity index (χ3v) is 7.49. The van der Waals surface area contributed by atoms with Crippen LogP contribution in [-0.2, 0) is 5.54 Å². The summed E-state index contributed by atoms with van der Waals surface area (Å²) in [5.41, 5.74) is 6.07. The average Bonchev–Trinajstić information content (AvgIpc) is 3.56. The highest BCUT2D eigenvalue weighted by molar-refractivity contribution is 8.15. The lowest BCUT2D eigenvalue weighted by atomic mass is 9.85. The molecule has 1 aliphatic heterocycles. The maximum atomic E-state index is 15.0. The number of ether oxygens (including phenoxy) is 1. The van der Waals surface area contributed by atoms with Crippen LogP contribution in [0.1, 0.15) is 18.9 Å². The molecule has 1 aromatic carbocycles. The molecule has 1 aliphatic carbocycles. The topological polar surface area (TPSA) is 119 Å². The Balaban J connectivity index is 1.53. The van der Waals surface area contributed by atoms with Gasteiger partial charge in [0.05, 0.1) is 28.6 Å². The molecule has 3 atom stereocenters. The number of nitrogens with two attached hydrogens (primary N) is 1. The number of amidine groups is 1. The number of fused-ring (bicyclic) bond motifs is 2. The Hall–Kier alpha value is -3.49. The van der Waals surface area contributed by atoms with Crippen molar-refractivity contribution in [2.75, 3.05) is 18.5 Å². The lowest BCUT2D eigenvalue weighted by Gasteiger charge is -2.34. The van der Waals surface area contributed by atoms with E-state index < -0.39 is 21.9 Å². The van der Waals surface area contributed by atoms with Gasteiger partial charge in [0.15, 0.2) is 29.2 Å². The van der Waals surface area contributed by atoms with E-state index in [1.165, 1.54) is 30.2 Å². The van der Waals surface area contributed by atoms with Gasteiger partial charge in [-0.2, -0.15) is 0 Å². The maximum absolute atomic E-state index is 15.0. The Morgan fingerprint density at radius 3 is 2.97 bits per heavy atom. The van der Waals surface area contributed by atoms with Crippen LogP contribution in [0.3, 0.4) is 0 Å². The fourth-order valence-corrected chi connectivity index (χ4v) is 5.81. The number of halogens is 2. The molecular formula is C23H20F2N6O2S. The van der Waals surface area contributed by atoms with E-state index in [1.807, 2.05) is 0 Å². The highest BCUT2D eigenvalue weighted by Crippen LogP contribution is 2.65. The van der Waals surface area contributed by atoms with E-state index in [-0.39, 0.29) is 41.4 Å². The van der Waals surface area contributed by atoms with Crippen LogP contribution in [0.15, 0.2) is 35.6 Å². The number of hydrogen-bond donors (Lipinski definition) is 3. The number of aliphatic hydroxyl groups is 1. The number of nitrogens with one attached hydrogen (secondary N) is 1. The summed E-state index contributed by atoms with van der Waals surface area (Å²) in [6.07, 6.45) is 8.71. The molecule has 3 heterocycles. The minimum absolute atomic E-state index is 0.0508. The number of benzene rings is 1. The third-order valence-electron chi connectivity index (χ3n) is 6.20. The number of hydrogen-bond acceptors (Lipinski definition) is 9. The quantitative estimate of drug-likeness (QED) is 0.459. The van der Waals surface area contributed by atoms with Gasteiger partial charge in [0, 0.05) is 29.4 Å². The Kier molecular flexibility index (Phi) is 5.30. The standard InChI is InChI=1S/C23H20F2N6O2S/c1-3-6-33-17-10-28-19-15(30-17)4-5-27-20(19)29-12-7-13(18(25)14(24)8-12)22(2)16-9-23(16,11-32)34-21(26)31-22/h1,4-5,7-8,10,16,32H,6,9,11H2,2H3,(H2,26,31)(H,27,29)/t16-,22+,23+/m0/s1. The Morgan fingerprint density at radius 2 is 2.21 bits per heavy atom. The first-order chi connectivity index (χ1) is 16.3. The van der Waals surface area contributed by atoms with Crippen molar-refractivity contribution in [3.05, 3.63) is 47.8 Å². The number of rotatable bonds is 6. The van der Waals surface area contributed by atoms with Crippen molar-refractivity contribution in [2.45, 2.75) is 23.6 Å². The highest BCUT2D eigenvalue weighted by atomic mass is 32.2. The van der Waals surface area contributed by atoms with Gasteiger partial charge >= 0.3 is 0 Å². The number of nitrogens with zero attached hydrogens (tertiary/aromatic N) is 4. The number of anilines is 2. The zero-order valence-electron chi connectivity index (χ0n) is 18.0. The average molecular weight is 483 g/mol. The smallest absolute Gasteiger partial charge is 0.233 e. The monoisotopic (exact) mass is 482 g/mol. The van der Waals surface area contributed by atoms with Crippen LogP contribution < -0.4 is 15.8 Å². The molecule has 1 saturated carbocycles. The molecule has 2 aliphatic rings. The van der Waals surface area contributed by atoms with Gasteiger partial charge in [-0.1, -0.05) is 17.7 Å². The van der Waals surface area contributed by atoms with E-state index in [2.05, 4.69) is 31.2 Å². The largest absolute Gasteiger partial charge is 0.463 e. The Labute approximate surface area is 198 Å². The molecule has 11 heteroatoms. The minimum Gasteiger partial charge on any atom is -0.463 e. The molecule has 2 aromatic heterocycles. The lowest BCUT2D eigenvalue weighted by Crippen LogP contribution is -2.37. The first-order valence-electron chi connectivity index (χ1n) is 10.4. The van der Waals surface area contributed by atoms with Crippen LogP contribution in [-0.4, -0.2) is 43.2 Å². The summed E-state index contributed by atoms with van der Waals surface area (Å²) in [4.78, 5) is 17.4. The summed E-state index contributed by atoms with van der Waals surface area (Å²) in [5.74, 6) is 0.682. The molecule has 8 nitrogen and oxygen atoms in total. The molecule has 0 bridgehead atoms. The molecule has 174 valence electrons. The second-order valence-electron chi connectivity index (χ2n) is 8.35. The van der Waals surface area contributed by atoms with Gasteiger partial charge in [-0.25, -0.2) is 23.7 Å².